The molecular formula is C16H15F3N2O2S. The Labute approximate surface area is 138 Å². The van der Waals surface area contributed by atoms with Gasteiger partial charge in [0.2, 0.25) is 0 Å². The predicted molar refractivity (Wildman–Crippen MR) is 84.1 cm³/mol. The molecule has 0 fully saturated rings. The van der Waals surface area contributed by atoms with Crippen LogP contribution >= 0.6 is 0 Å². The van der Waals surface area contributed by atoms with Crippen LogP contribution in [0.3, 0.4) is 0 Å². The lowest BCUT2D eigenvalue weighted by Crippen LogP contribution is -2.34. The van der Waals surface area contributed by atoms with Crippen molar-refractivity contribution < 1.29 is 21.6 Å². The third kappa shape index (κ3) is 3.11. The zero-order chi connectivity index (χ0) is 17.4. The van der Waals surface area contributed by atoms with Crippen LogP contribution < -0.4 is 9.62 Å². The van der Waals surface area contributed by atoms with Gasteiger partial charge in [0.1, 0.15) is 0 Å². The average molecular weight is 356 g/mol. The molecule has 0 saturated heterocycles. The summed E-state index contributed by atoms with van der Waals surface area (Å²) in [4.78, 5) is -0.160. The fraction of sp³-hybridized carbons (Fsp3) is 0.250. The molecule has 2 aromatic carbocycles. The van der Waals surface area contributed by atoms with Crippen molar-refractivity contribution in [3.05, 3.63) is 59.7 Å². The molecule has 8 heteroatoms. The van der Waals surface area contributed by atoms with Crippen LogP contribution in [0.5, 0.6) is 0 Å². The standard InChI is InChI=1S/C16H15F3N2O2S/c17-16(18,19)13-5-7-14(8-6-13)24(22,23)21-10-9-20-11-12-3-1-2-4-15(12)21/h1-8,20H,9-11H2. The second kappa shape index (κ2) is 6.10. The third-order valence-corrected chi connectivity index (χ3v) is 5.66. The van der Waals surface area contributed by atoms with Gasteiger partial charge >= 0.3 is 6.18 Å². The van der Waals surface area contributed by atoms with Gasteiger partial charge in [0.15, 0.2) is 0 Å². The van der Waals surface area contributed by atoms with Crippen molar-refractivity contribution in [2.45, 2.75) is 17.6 Å². The van der Waals surface area contributed by atoms with Crippen LogP contribution in [0.1, 0.15) is 11.1 Å². The SMILES string of the molecule is O=S(=O)(c1ccc(C(F)(F)F)cc1)N1CCNCc2ccccc21. The molecule has 0 amide bonds. The number of para-hydroxylation sites is 1. The van der Waals surface area contributed by atoms with Gasteiger partial charge in [0.25, 0.3) is 10.0 Å². The van der Waals surface area contributed by atoms with Crippen molar-refractivity contribution in [2.24, 2.45) is 0 Å². The van der Waals surface area contributed by atoms with E-state index in [-0.39, 0.29) is 11.4 Å². The Morgan fingerprint density at radius 1 is 1.00 bits per heavy atom. The first-order valence-electron chi connectivity index (χ1n) is 7.29. The molecule has 128 valence electrons. The van der Waals surface area contributed by atoms with E-state index in [4.69, 9.17) is 0 Å². The van der Waals surface area contributed by atoms with Gasteiger partial charge in [0.05, 0.1) is 16.1 Å². The minimum Gasteiger partial charge on any atom is -0.311 e. The molecule has 1 aliphatic heterocycles. The first kappa shape index (κ1) is 16.8. The predicted octanol–water partition coefficient (Wildman–Crippen LogP) is 3.00. The number of halogens is 3. The molecule has 0 unspecified atom stereocenters. The maximum atomic E-state index is 12.9. The highest BCUT2D eigenvalue weighted by Crippen LogP contribution is 2.32. The van der Waals surface area contributed by atoms with Gasteiger partial charge in [-0.15, -0.1) is 0 Å². The summed E-state index contributed by atoms with van der Waals surface area (Å²) in [7, 11) is -3.94. The lowest BCUT2D eigenvalue weighted by molar-refractivity contribution is -0.137. The topological polar surface area (TPSA) is 49.4 Å². The number of alkyl halides is 3. The summed E-state index contributed by atoms with van der Waals surface area (Å²) < 4.78 is 65.0. The molecule has 1 heterocycles. The Balaban J connectivity index is 2.02. The molecule has 3 rings (SSSR count). The molecule has 1 aliphatic rings. The summed E-state index contributed by atoms with van der Waals surface area (Å²) in [5, 5.41) is 3.13. The van der Waals surface area contributed by atoms with Crippen LogP contribution in [0.25, 0.3) is 0 Å². The molecule has 0 radical (unpaired) electrons. The summed E-state index contributed by atoms with van der Waals surface area (Å²) in [6, 6.07) is 10.6. The summed E-state index contributed by atoms with van der Waals surface area (Å²) >= 11 is 0. The van der Waals surface area contributed by atoms with Crippen molar-refractivity contribution in [1.29, 1.82) is 0 Å². The minimum atomic E-state index is -4.50. The van der Waals surface area contributed by atoms with Crippen LogP contribution in [0.2, 0.25) is 0 Å². The summed E-state index contributed by atoms with van der Waals surface area (Å²) in [5.41, 5.74) is 0.493. The van der Waals surface area contributed by atoms with Crippen LogP contribution in [-0.4, -0.2) is 21.5 Å². The first-order chi connectivity index (χ1) is 11.3. The number of hydrogen-bond acceptors (Lipinski definition) is 3. The fourth-order valence-electron chi connectivity index (χ4n) is 2.62. The summed E-state index contributed by atoms with van der Waals surface area (Å²) in [6.07, 6.45) is -4.50. The lowest BCUT2D eigenvalue weighted by atomic mass is 10.2. The normalized spacial score (nSPS) is 15.7. The zero-order valence-corrected chi connectivity index (χ0v) is 13.4. The van der Waals surface area contributed by atoms with Crippen LogP contribution in [0.4, 0.5) is 18.9 Å². The van der Waals surface area contributed by atoms with E-state index in [1.807, 2.05) is 12.1 Å². The zero-order valence-electron chi connectivity index (χ0n) is 12.5. The van der Waals surface area contributed by atoms with Crippen molar-refractivity contribution in [1.82, 2.24) is 5.32 Å². The highest BCUT2D eigenvalue weighted by Gasteiger charge is 2.32. The second-order valence-electron chi connectivity index (χ2n) is 5.40. The Kier molecular flexibility index (Phi) is 4.27. The van der Waals surface area contributed by atoms with Gasteiger partial charge in [-0.25, -0.2) is 8.42 Å². The Morgan fingerprint density at radius 3 is 2.33 bits per heavy atom. The fourth-order valence-corrected chi connectivity index (χ4v) is 4.12. The molecule has 0 atom stereocenters. The number of benzene rings is 2. The summed E-state index contributed by atoms with van der Waals surface area (Å²) in [5.74, 6) is 0. The monoisotopic (exact) mass is 356 g/mol. The van der Waals surface area contributed by atoms with Gasteiger partial charge in [-0.1, -0.05) is 18.2 Å². The molecule has 24 heavy (non-hydrogen) atoms. The van der Waals surface area contributed by atoms with Crippen molar-refractivity contribution in [3.8, 4) is 0 Å². The van der Waals surface area contributed by atoms with E-state index in [0.717, 1.165) is 29.8 Å². The molecular weight excluding hydrogens is 341 g/mol. The lowest BCUT2D eigenvalue weighted by Gasteiger charge is -2.24. The molecule has 0 spiro atoms. The smallest absolute Gasteiger partial charge is 0.311 e. The second-order valence-corrected chi connectivity index (χ2v) is 7.27. The molecule has 4 nitrogen and oxygen atoms in total. The molecule has 2 aromatic rings. The molecule has 0 bridgehead atoms. The van der Waals surface area contributed by atoms with Gasteiger partial charge < -0.3 is 5.32 Å². The van der Waals surface area contributed by atoms with E-state index in [1.54, 1.807) is 12.1 Å². The van der Waals surface area contributed by atoms with Crippen molar-refractivity contribution >= 4 is 15.7 Å². The molecule has 0 saturated carbocycles. The maximum absolute atomic E-state index is 12.9. The Bertz CT molecular complexity index is 833. The van der Waals surface area contributed by atoms with Crippen LogP contribution in [-0.2, 0) is 22.7 Å². The quantitative estimate of drug-likeness (QED) is 0.900. The highest BCUT2D eigenvalue weighted by molar-refractivity contribution is 7.92. The number of anilines is 1. The van der Waals surface area contributed by atoms with Crippen molar-refractivity contribution in [2.75, 3.05) is 17.4 Å². The van der Waals surface area contributed by atoms with Gasteiger partial charge in [-0.3, -0.25) is 4.31 Å². The molecule has 0 aromatic heterocycles. The summed E-state index contributed by atoms with van der Waals surface area (Å²) in [6.45, 7) is 1.20. The Morgan fingerprint density at radius 2 is 1.67 bits per heavy atom. The molecule has 1 N–H and O–H groups in total. The maximum Gasteiger partial charge on any atom is 0.416 e. The molecule has 0 aliphatic carbocycles. The van der Waals surface area contributed by atoms with Gasteiger partial charge in [0, 0.05) is 19.6 Å². The van der Waals surface area contributed by atoms with Gasteiger partial charge in [-0.2, -0.15) is 13.2 Å². The van der Waals surface area contributed by atoms with E-state index in [9.17, 15) is 21.6 Å². The van der Waals surface area contributed by atoms with Crippen molar-refractivity contribution in [3.63, 3.8) is 0 Å². The van der Waals surface area contributed by atoms with Gasteiger partial charge in [-0.05, 0) is 35.9 Å². The van der Waals surface area contributed by atoms with Crippen LogP contribution in [0.15, 0.2) is 53.4 Å². The number of sulfonamides is 1. The number of hydrogen-bond donors (Lipinski definition) is 1. The minimum absolute atomic E-state index is 0.160. The number of rotatable bonds is 2. The van der Waals surface area contributed by atoms with E-state index in [1.165, 1.54) is 4.31 Å². The Hall–Kier alpha value is -2.06. The largest absolute Gasteiger partial charge is 0.416 e. The third-order valence-electron chi connectivity index (χ3n) is 3.84. The number of fused-ring (bicyclic) bond motifs is 1. The average Bonchev–Trinajstić information content (AvgIpc) is 2.77. The van der Waals surface area contributed by atoms with E-state index >= 15 is 0 Å². The van der Waals surface area contributed by atoms with Crippen LogP contribution in [0, 0.1) is 0 Å². The highest BCUT2D eigenvalue weighted by atomic mass is 32.2. The van der Waals surface area contributed by atoms with E-state index in [2.05, 4.69) is 5.32 Å². The number of nitrogens with one attached hydrogen (secondary N) is 1. The first-order valence-corrected chi connectivity index (χ1v) is 8.73. The van der Waals surface area contributed by atoms with E-state index in [0.29, 0.717) is 18.8 Å². The van der Waals surface area contributed by atoms with E-state index < -0.39 is 21.8 Å². The number of nitrogens with zero attached hydrogens (tertiary/aromatic N) is 1.